The highest BCUT2D eigenvalue weighted by molar-refractivity contribution is 5.87. The second-order valence-electron chi connectivity index (χ2n) is 8.85. The molecule has 1 saturated carbocycles. The van der Waals surface area contributed by atoms with Gasteiger partial charge in [0.25, 0.3) is 0 Å². The van der Waals surface area contributed by atoms with Crippen LogP contribution in [0.3, 0.4) is 0 Å². The second kappa shape index (κ2) is 9.47. The molecule has 1 unspecified atom stereocenters. The Balaban J connectivity index is 1.51. The predicted octanol–water partition coefficient (Wildman–Crippen LogP) is 2.29. The minimum Gasteiger partial charge on any atom is -0.497 e. The number of ether oxygens (including phenoxy) is 1. The molecule has 1 aromatic carbocycles. The van der Waals surface area contributed by atoms with Crippen molar-refractivity contribution >= 4 is 28.9 Å². The Morgan fingerprint density at radius 1 is 1.22 bits per heavy atom. The van der Waals surface area contributed by atoms with Gasteiger partial charge in [-0.05, 0) is 30.5 Å². The maximum atomic E-state index is 11.4. The number of carboxylic acid groups (broad SMARTS) is 1. The van der Waals surface area contributed by atoms with E-state index in [2.05, 4.69) is 25.8 Å². The Morgan fingerprint density at radius 3 is 2.58 bits per heavy atom. The molecule has 12 nitrogen and oxygen atoms in total. The van der Waals surface area contributed by atoms with Crippen LogP contribution < -0.4 is 20.3 Å². The van der Waals surface area contributed by atoms with Crippen molar-refractivity contribution in [2.45, 2.75) is 31.7 Å². The molecule has 1 atom stereocenters. The first-order valence-electron chi connectivity index (χ1n) is 11.5. The zero-order valence-electron chi connectivity index (χ0n) is 20.2. The summed E-state index contributed by atoms with van der Waals surface area (Å²) in [6, 6.07) is 11.4. The molecular weight excluding hydrogens is 464 g/mol. The number of methoxy groups -OCH3 is 1. The van der Waals surface area contributed by atoms with E-state index in [4.69, 9.17) is 4.74 Å². The summed E-state index contributed by atoms with van der Waals surface area (Å²) in [6.07, 6.45) is 2.73. The summed E-state index contributed by atoms with van der Waals surface area (Å²) < 4.78 is 8.14. The molecule has 12 heteroatoms. The number of carboxylic acids is 1. The van der Waals surface area contributed by atoms with E-state index in [0.29, 0.717) is 29.5 Å². The monoisotopic (exact) mass is 492 g/mol. The fourth-order valence-corrected chi connectivity index (χ4v) is 4.01. The Bertz CT molecular complexity index is 1390. The number of hydrogen-bond donors (Lipinski definition) is 4. The molecule has 36 heavy (non-hydrogen) atoms. The van der Waals surface area contributed by atoms with Crippen molar-refractivity contribution in [1.29, 1.82) is 0 Å². The van der Waals surface area contributed by atoms with Crippen LogP contribution in [0.2, 0.25) is 0 Å². The summed E-state index contributed by atoms with van der Waals surface area (Å²) in [5, 5.41) is 35.3. The summed E-state index contributed by atoms with van der Waals surface area (Å²) >= 11 is 0. The van der Waals surface area contributed by atoms with Gasteiger partial charge in [-0.3, -0.25) is 10.00 Å². The molecule has 1 aliphatic rings. The SMILES string of the molecule is COc1ccc(CN(C)c2cc(Nc3cc(C(=O)O)n(C)n3)nn3c(C(O)NC4CC4)cnc23)cc1. The highest BCUT2D eigenvalue weighted by Crippen LogP contribution is 2.29. The van der Waals surface area contributed by atoms with E-state index >= 15 is 0 Å². The topological polar surface area (TPSA) is 142 Å². The lowest BCUT2D eigenvalue weighted by atomic mass is 10.2. The number of aliphatic hydroxyl groups is 1. The number of fused-ring (bicyclic) bond motifs is 1. The van der Waals surface area contributed by atoms with Gasteiger partial charge in [0.15, 0.2) is 17.3 Å². The van der Waals surface area contributed by atoms with Gasteiger partial charge in [-0.1, -0.05) is 12.1 Å². The fourth-order valence-electron chi connectivity index (χ4n) is 4.01. The van der Waals surface area contributed by atoms with Crippen LogP contribution in [-0.2, 0) is 13.6 Å². The Labute approximate surface area is 207 Å². The molecule has 3 heterocycles. The van der Waals surface area contributed by atoms with Crippen molar-refractivity contribution in [1.82, 2.24) is 29.7 Å². The van der Waals surface area contributed by atoms with E-state index in [-0.39, 0.29) is 11.7 Å². The lowest BCUT2D eigenvalue weighted by molar-refractivity contribution is 0.0685. The van der Waals surface area contributed by atoms with E-state index < -0.39 is 12.2 Å². The van der Waals surface area contributed by atoms with Gasteiger partial charge in [0.2, 0.25) is 0 Å². The third kappa shape index (κ3) is 4.81. The summed E-state index contributed by atoms with van der Waals surface area (Å²) in [4.78, 5) is 18.0. The average Bonchev–Trinajstić information content (AvgIpc) is 3.43. The minimum atomic E-state index is -1.08. The van der Waals surface area contributed by atoms with Gasteiger partial charge in [-0.2, -0.15) is 5.10 Å². The molecule has 4 aromatic rings. The number of anilines is 3. The standard InChI is InChI=1S/C24H28N8O4/c1-30(13-14-4-8-16(36-3)9-5-14)17-10-21(27-20-11-18(24(34)35)31(2)28-20)29-32-19(12-25-22(17)32)23(33)26-15-6-7-15/h4-5,8-12,15,23,26,33H,6-7,13H2,1-3H3,(H,34,35)(H,27,28,29). The number of aryl methyl sites for hydroxylation is 1. The number of benzene rings is 1. The normalized spacial score (nSPS) is 14.1. The number of nitrogens with zero attached hydrogens (tertiary/aromatic N) is 6. The van der Waals surface area contributed by atoms with Crippen molar-refractivity contribution in [3.05, 3.63) is 59.5 Å². The van der Waals surface area contributed by atoms with Crippen LogP contribution in [0.15, 0.2) is 42.6 Å². The van der Waals surface area contributed by atoms with E-state index in [1.807, 2.05) is 42.3 Å². The molecule has 0 spiro atoms. The molecule has 1 aliphatic carbocycles. The molecule has 3 aromatic heterocycles. The molecule has 0 bridgehead atoms. The molecule has 4 N–H and O–H groups in total. The lowest BCUT2D eigenvalue weighted by Gasteiger charge is -2.21. The zero-order chi connectivity index (χ0) is 25.4. The maximum absolute atomic E-state index is 11.4. The van der Waals surface area contributed by atoms with E-state index in [0.717, 1.165) is 29.8 Å². The molecule has 0 saturated heterocycles. The van der Waals surface area contributed by atoms with Gasteiger partial charge in [0.05, 0.1) is 19.0 Å². The van der Waals surface area contributed by atoms with Crippen LogP contribution in [-0.4, -0.2) is 60.8 Å². The molecule has 0 aliphatic heterocycles. The third-order valence-corrected chi connectivity index (χ3v) is 6.07. The Hall–Kier alpha value is -4.16. The van der Waals surface area contributed by atoms with Gasteiger partial charge < -0.3 is 25.2 Å². The summed E-state index contributed by atoms with van der Waals surface area (Å²) in [6.45, 7) is 0.584. The number of hydrogen-bond acceptors (Lipinski definition) is 9. The minimum absolute atomic E-state index is 0.0443. The van der Waals surface area contributed by atoms with Crippen LogP contribution in [0.25, 0.3) is 5.65 Å². The van der Waals surface area contributed by atoms with Gasteiger partial charge >= 0.3 is 5.97 Å². The third-order valence-electron chi connectivity index (χ3n) is 6.07. The highest BCUT2D eigenvalue weighted by Gasteiger charge is 2.27. The molecule has 188 valence electrons. The van der Waals surface area contributed by atoms with Crippen LogP contribution in [0.1, 0.15) is 40.8 Å². The van der Waals surface area contributed by atoms with Gasteiger partial charge in [0, 0.05) is 38.8 Å². The van der Waals surface area contributed by atoms with E-state index in [9.17, 15) is 15.0 Å². The number of imidazole rings is 1. The quantitative estimate of drug-likeness (QED) is 0.244. The predicted molar refractivity (Wildman–Crippen MR) is 133 cm³/mol. The number of carbonyl (C=O) groups is 1. The molecule has 0 radical (unpaired) electrons. The smallest absolute Gasteiger partial charge is 0.354 e. The van der Waals surface area contributed by atoms with Gasteiger partial charge in [-0.15, -0.1) is 5.10 Å². The summed E-state index contributed by atoms with van der Waals surface area (Å²) in [7, 11) is 5.14. The molecule has 1 fully saturated rings. The van der Waals surface area contributed by atoms with Crippen LogP contribution in [0, 0.1) is 0 Å². The van der Waals surface area contributed by atoms with Gasteiger partial charge in [0.1, 0.15) is 23.4 Å². The molecular formula is C24H28N8O4. The number of aromatic carboxylic acids is 1. The number of rotatable bonds is 10. The van der Waals surface area contributed by atoms with E-state index in [1.54, 1.807) is 24.9 Å². The molecule has 5 rings (SSSR count). The fraction of sp³-hybridized carbons (Fsp3) is 0.333. The second-order valence-corrected chi connectivity index (χ2v) is 8.85. The van der Waals surface area contributed by atoms with Crippen molar-refractivity contribution in [2.24, 2.45) is 7.05 Å². The Kier molecular flexibility index (Phi) is 6.20. The summed E-state index contributed by atoms with van der Waals surface area (Å²) in [5.74, 6) is 0.466. The first-order chi connectivity index (χ1) is 17.3. The zero-order valence-corrected chi connectivity index (χ0v) is 20.2. The first kappa shape index (κ1) is 23.6. The number of aromatic nitrogens is 5. The van der Waals surface area contributed by atoms with Crippen LogP contribution >= 0.6 is 0 Å². The maximum Gasteiger partial charge on any atom is 0.354 e. The Morgan fingerprint density at radius 2 is 1.94 bits per heavy atom. The number of aliphatic hydroxyl groups excluding tert-OH is 1. The average molecular weight is 493 g/mol. The van der Waals surface area contributed by atoms with E-state index in [1.165, 1.54) is 10.7 Å². The van der Waals surface area contributed by atoms with Crippen molar-refractivity contribution in [2.75, 3.05) is 24.4 Å². The largest absolute Gasteiger partial charge is 0.497 e. The number of nitrogens with one attached hydrogen (secondary N) is 2. The van der Waals surface area contributed by atoms with Crippen molar-refractivity contribution in [3.8, 4) is 5.75 Å². The highest BCUT2D eigenvalue weighted by atomic mass is 16.5. The van der Waals surface area contributed by atoms with Crippen LogP contribution in [0.5, 0.6) is 5.75 Å². The van der Waals surface area contributed by atoms with Gasteiger partial charge in [-0.25, -0.2) is 14.3 Å². The first-order valence-corrected chi connectivity index (χ1v) is 11.5. The molecule has 0 amide bonds. The van der Waals surface area contributed by atoms with Crippen molar-refractivity contribution < 1.29 is 19.7 Å². The summed E-state index contributed by atoms with van der Waals surface area (Å²) in [5.41, 5.74) is 2.97. The lowest BCUT2D eigenvalue weighted by Crippen LogP contribution is -2.25. The van der Waals surface area contributed by atoms with Crippen LogP contribution in [0.4, 0.5) is 17.3 Å². The van der Waals surface area contributed by atoms with Crippen molar-refractivity contribution in [3.63, 3.8) is 0 Å².